The molecule has 7 nitrogen and oxygen atoms in total. The minimum atomic E-state index is -4.47. The Morgan fingerprint density at radius 2 is 1.90 bits per heavy atom. The number of benzene rings is 1. The third-order valence-electron chi connectivity index (χ3n) is 5.01. The Morgan fingerprint density at radius 1 is 1.19 bits per heavy atom. The van der Waals surface area contributed by atoms with E-state index in [1.807, 2.05) is 6.92 Å². The van der Waals surface area contributed by atoms with Crippen molar-refractivity contribution in [1.29, 1.82) is 0 Å². The van der Waals surface area contributed by atoms with Gasteiger partial charge in [-0.05, 0) is 50.2 Å². The van der Waals surface area contributed by atoms with Crippen molar-refractivity contribution >= 4 is 23.2 Å². The van der Waals surface area contributed by atoms with Crippen LogP contribution >= 0.6 is 0 Å². The molecule has 1 aliphatic rings. The van der Waals surface area contributed by atoms with Gasteiger partial charge in [-0.3, -0.25) is 19.3 Å². The summed E-state index contributed by atoms with van der Waals surface area (Å²) in [5.74, 6) is -1.02. The molecule has 1 atom stereocenters. The molecule has 1 aromatic carbocycles. The van der Waals surface area contributed by atoms with E-state index in [4.69, 9.17) is 0 Å². The molecule has 3 aromatic rings. The van der Waals surface area contributed by atoms with Crippen LogP contribution in [0.2, 0.25) is 0 Å². The second-order valence-electron chi connectivity index (χ2n) is 7.30. The first-order valence-electron chi connectivity index (χ1n) is 9.46. The van der Waals surface area contributed by atoms with Crippen LogP contribution in [0.25, 0.3) is 0 Å². The van der Waals surface area contributed by atoms with Gasteiger partial charge in [0.15, 0.2) is 0 Å². The third kappa shape index (κ3) is 3.88. The minimum Gasteiger partial charge on any atom is -0.322 e. The lowest BCUT2D eigenvalue weighted by molar-refractivity contribution is -0.137. The second kappa shape index (κ2) is 7.53. The van der Waals surface area contributed by atoms with E-state index in [9.17, 15) is 22.8 Å². The number of carbonyl (C=O) groups excluding carboxylic acids is 2. The number of pyridine rings is 1. The summed E-state index contributed by atoms with van der Waals surface area (Å²) in [4.78, 5) is 31.4. The highest BCUT2D eigenvalue weighted by atomic mass is 19.4. The van der Waals surface area contributed by atoms with E-state index in [1.165, 1.54) is 27.9 Å². The van der Waals surface area contributed by atoms with Gasteiger partial charge in [-0.25, -0.2) is 0 Å². The number of nitrogens with one attached hydrogen (secondary N) is 1. The fraction of sp³-hybridized carbons (Fsp3) is 0.238. The molecule has 4 rings (SSSR count). The van der Waals surface area contributed by atoms with E-state index in [2.05, 4.69) is 15.4 Å². The van der Waals surface area contributed by atoms with Crippen molar-refractivity contribution in [2.75, 3.05) is 16.8 Å². The summed E-state index contributed by atoms with van der Waals surface area (Å²) in [6.07, 6.45) is -1.59. The normalized spacial score (nSPS) is 16.2. The largest absolute Gasteiger partial charge is 0.416 e. The zero-order chi connectivity index (χ0) is 22.3. The van der Waals surface area contributed by atoms with Crippen LogP contribution in [-0.4, -0.2) is 33.1 Å². The number of carbonyl (C=O) groups is 2. The highest BCUT2D eigenvalue weighted by molar-refractivity contribution is 6.15. The predicted octanol–water partition coefficient (Wildman–Crippen LogP) is 4.08. The summed E-state index contributed by atoms with van der Waals surface area (Å²) in [6.45, 7) is 3.81. The number of hydrogen-bond acceptors (Lipinski definition) is 4. The fourth-order valence-electron chi connectivity index (χ4n) is 3.50. The van der Waals surface area contributed by atoms with Gasteiger partial charge in [0.05, 0.1) is 23.4 Å². The van der Waals surface area contributed by atoms with Gasteiger partial charge < -0.3 is 10.2 Å². The van der Waals surface area contributed by atoms with Crippen molar-refractivity contribution in [3.63, 3.8) is 0 Å². The van der Waals surface area contributed by atoms with Gasteiger partial charge in [-0.1, -0.05) is 0 Å². The molecular weight excluding hydrogens is 411 g/mol. The first kappa shape index (κ1) is 20.6. The molecule has 0 aliphatic carbocycles. The first-order chi connectivity index (χ1) is 14.6. The number of halogens is 3. The number of rotatable bonds is 3. The Morgan fingerprint density at radius 3 is 2.55 bits per heavy atom. The monoisotopic (exact) mass is 429 g/mol. The number of aryl methyl sites for hydroxylation is 1. The Bertz CT molecular complexity index is 1150. The number of aromatic nitrogens is 3. The molecule has 1 N–H and O–H groups in total. The van der Waals surface area contributed by atoms with Gasteiger partial charge in [-0.15, -0.1) is 0 Å². The van der Waals surface area contributed by atoms with Crippen molar-refractivity contribution in [3.05, 3.63) is 71.3 Å². The zero-order valence-electron chi connectivity index (χ0n) is 16.6. The quantitative estimate of drug-likeness (QED) is 0.681. The van der Waals surface area contributed by atoms with Crippen LogP contribution in [0.1, 0.15) is 45.1 Å². The molecule has 0 fully saturated rings. The molecular formula is C21H18F3N5O2. The Kier molecular flexibility index (Phi) is 5.00. The van der Waals surface area contributed by atoms with Crippen LogP contribution in [0.5, 0.6) is 0 Å². The Hall–Kier alpha value is -3.69. The zero-order valence-corrected chi connectivity index (χ0v) is 16.6. The van der Waals surface area contributed by atoms with Gasteiger partial charge >= 0.3 is 6.18 Å². The van der Waals surface area contributed by atoms with Gasteiger partial charge in [0.2, 0.25) is 0 Å². The maximum Gasteiger partial charge on any atom is 0.416 e. The number of fused-ring (bicyclic) bond motifs is 1. The van der Waals surface area contributed by atoms with Gasteiger partial charge in [0.25, 0.3) is 11.8 Å². The lowest BCUT2D eigenvalue weighted by atomic mass is 10.1. The molecule has 31 heavy (non-hydrogen) atoms. The molecule has 2 amide bonds. The average molecular weight is 429 g/mol. The highest BCUT2D eigenvalue weighted by Crippen LogP contribution is 2.33. The molecule has 0 saturated heterocycles. The Balaban J connectivity index is 1.65. The smallest absolute Gasteiger partial charge is 0.322 e. The molecule has 0 saturated carbocycles. The number of alkyl halides is 3. The SMILES string of the molecule is Cc1cc(NC(=O)c2cnn3c2C(=O)N(c2ccc(C(F)(F)F)cc2)C[C@@H]3C)ccn1. The van der Waals surface area contributed by atoms with Gasteiger partial charge in [-0.2, -0.15) is 18.3 Å². The van der Waals surface area contributed by atoms with Crippen LogP contribution in [0, 0.1) is 6.92 Å². The van der Waals surface area contributed by atoms with E-state index >= 15 is 0 Å². The highest BCUT2D eigenvalue weighted by Gasteiger charge is 2.36. The summed E-state index contributed by atoms with van der Waals surface area (Å²) in [7, 11) is 0. The lowest BCUT2D eigenvalue weighted by Crippen LogP contribution is -2.43. The van der Waals surface area contributed by atoms with Crippen molar-refractivity contribution < 1.29 is 22.8 Å². The van der Waals surface area contributed by atoms with Crippen LogP contribution < -0.4 is 10.2 Å². The summed E-state index contributed by atoms with van der Waals surface area (Å²) < 4.78 is 40.1. The van der Waals surface area contributed by atoms with Gasteiger partial charge in [0.1, 0.15) is 5.69 Å². The van der Waals surface area contributed by atoms with E-state index in [0.29, 0.717) is 17.1 Å². The predicted molar refractivity (Wildman–Crippen MR) is 107 cm³/mol. The fourth-order valence-corrected chi connectivity index (χ4v) is 3.50. The molecule has 160 valence electrons. The van der Waals surface area contributed by atoms with Crippen molar-refractivity contribution in [3.8, 4) is 0 Å². The number of amides is 2. The van der Waals surface area contributed by atoms with Crippen molar-refractivity contribution in [2.24, 2.45) is 0 Å². The van der Waals surface area contributed by atoms with Crippen LogP contribution in [0.3, 0.4) is 0 Å². The molecule has 0 radical (unpaired) electrons. The number of nitrogens with zero attached hydrogens (tertiary/aromatic N) is 4. The number of hydrogen-bond donors (Lipinski definition) is 1. The summed E-state index contributed by atoms with van der Waals surface area (Å²) in [5.41, 5.74) is 0.922. The van der Waals surface area contributed by atoms with Crippen molar-refractivity contribution in [2.45, 2.75) is 26.1 Å². The van der Waals surface area contributed by atoms with E-state index in [1.54, 1.807) is 25.3 Å². The summed E-state index contributed by atoms with van der Waals surface area (Å²) >= 11 is 0. The molecule has 3 heterocycles. The summed E-state index contributed by atoms with van der Waals surface area (Å²) in [5, 5.41) is 6.91. The topological polar surface area (TPSA) is 80.1 Å². The molecule has 2 aromatic heterocycles. The second-order valence-corrected chi connectivity index (χ2v) is 7.30. The van der Waals surface area contributed by atoms with Crippen LogP contribution in [0.4, 0.5) is 24.5 Å². The van der Waals surface area contributed by atoms with E-state index < -0.39 is 23.6 Å². The third-order valence-corrected chi connectivity index (χ3v) is 5.01. The lowest BCUT2D eigenvalue weighted by Gasteiger charge is -2.32. The number of anilines is 2. The average Bonchev–Trinajstić information content (AvgIpc) is 3.16. The van der Waals surface area contributed by atoms with E-state index in [0.717, 1.165) is 12.1 Å². The van der Waals surface area contributed by atoms with Gasteiger partial charge in [0, 0.05) is 29.8 Å². The molecule has 10 heteroatoms. The van der Waals surface area contributed by atoms with E-state index in [-0.39, 0.29) is 23.8 Å². The molecule has 0 spiro atoms. The molecule has 0 unspecified atom stereocenters. The summed E-state index contributed by atoms with van der Waals surface area (Å²) in [6, 6.07) is 7.39. The van der Waals surface area contributed by atoms with Crippen molar-refractivity contribution in [1.82, 2.24) is 14.8 Å². The maximum atomic E-state index is 13.2. The maximum absolute atomic E-state index is 13.2. The molecule has 1 aliphatic heterocycles. The Labute approximate surface area is 175 Å². The van der Waals surface area contributed by atoms with Crippen LogP contribution in [0.15, 0.2) is 48.8 Å². The van der Waals surface area contributed by atoms with Crippen LogP contribution in [-0.2, 0) is 6.18 Å². The first-order valence-corrected chi connectivity index (χ1v) is 9.46. The standard InChI is InChI=1S/C21H18F3N5O2/c1-12-9-15(7-8-25-12)27-19(30)17-10-26-29-13(2)11-28(20(31)18(17)29)16-5-3-14(4-6-16)21(22,23)24/h3-10,13H,11H2,1-2H3,(H,25,27,30)/t13-/m0/s1. The molecule has 0 bridgehead atoms. The minimum absolute atomic E-state index is 0.0851.